The molecule has 5 nitrogen and oxygen atoms in total. The Hall–Kier alpha value is -2.86. The number of carbonyl (C=O) groups excluding carboxylic acids is 2. The van der Waals surface area contributed by atoms with Crippen molar-refractivity contribution in [1.29, 1.82) is 0 Å². The summed E-state index contributed by atoms with van der Waals surface area (Å²) < 4.78 is 2.06. The third-order valence-electron chi connectivity index (χ3n) is 5.40. The highest BCUT2D eigenvalue weighted by atomic mass is 32.1. The van der Waals surface area contributed by atoms with Crippen molar-refractivity contribution >= 4 is 23.2 Å². The van der Waals surface area contributed by atoms with E-state index in [-0.39, 0.29) is 17.9 Å². The first-order valence-electron chi connectivity index (χ1n) is 9.39. The van der Waals surface area contributed by atoms with Crippen LogP contribution in [0.2, 0.25) is 0 Å². The molecular weight excluding hydrogens is 370 g/mol. The molecule has 2 aromatic heterocycles. The Morgan fingerprint density at radius 3 is 2.57 bits per heavy atom. The molecule has 0 bridgehead atoms. The van der Waals surface area contributed by atoms with E-state index in [1.807, 2.05) is 54.2 Å². The first-order chi connectivity index (χ1) is 13.7. The topological polar surface area (TPSA) is 54.3 Å². The molecule has 0 unspecified atom stereocenters. The molecule has 3 aromatic rings. The van der Waals surface area contributed by atoms with Gasteiger partial charge in [-0.05, 0) is 45.6 Å². The number of thiophene rings is 1. The van der Waals surface area contributed by atoms with Crippen LogP contribution in [0.4, 0.5) is 0 Å². The quantitative estimate of drug-likeness (QED) is 0.724. The van der Waals surface area contributed by atoms with Crippen LogP contribution in [0.3, 0.4) is 0 Å². The number of hydrogen-bond donors (Lipinski definition) is 1. The Bertz CT molecular complexity index is 916. The highest BCUT2D eigenvalue weighted by Gasteiger charge is 2.35. The summed E-state index contributed by atoms with van der Waals surface area (Å²) >= 11 is 1.63. The Balaban J connectivity index is 1.62. The zero-order chi connectivity index (χ0) is 19.5. The lowest BCUT2D eigenvalue weighted by molar-refractivity contribution is -0.142. The van der Waals surface area contributed by atoms with Gasteiger partial charge in [-0.25, -0.2) is 0 Å². The number of nitrogens with one attached hydrogen (secondary N) is 1. The Morgan fingerprint density at radius 1 is 1.14 bits per heavy atom. The molecule has 1 aromatic carbocycles. The van der Waals surface area contributed by atoms with Gasteiger partial charge in [-0.15, -0.1) is 0 Å². The first-order valence-corrected chi connectivity index (χ1v) is 10.3. The number of amides is 2. The number of hydrogen-bond acceptors (Lipinski definition) is 3. The average molecular weight is 394 g/mol. The minimum atomic E-state index is -0.472. The van der Waals surface area contributed by atoms with E-state index in [4.69, 9.17) is 0 Å². The van der Waals surface area contributed by atoms with E-state index in [0.29, 0.717) is 19.4 Å². The molecule has 0 fully saturated rings. The van der Waals surface area contributed by atoms with Gasteiger partial charge in [0.2, 0.25) is 11.8 Å². The molecule has 4 rings (SSSR count). The van der Waals surface area contributed by atoms with E-state index in [1.165, 1.54) is 0 Å². The number of aromatic nitrogens is 1. The van der Waals surface area contributed by atoms with Gasteiger partial charge in [-0.3, -0.25) is 9.59 Å². The lowest BCUT2D eigenvalue weighted by atomic mass is 9.92. The van der Waals surface area contributed by atoms with E-state index in [2.05, 4.69) is 21.3 Å². The normalized spacial score (nSPS) is 17.0. The van der Waals surface area contributed by atoms with Crippen LogP contribution in [0.1, 0.15) is 29.2 Å². The number of carbonyl (C=O) groups is 2. The first kappa shape index (κ1) is 18.5. The molecule has 0 saturated carbocycles. The van der Waals surface area contributed by atoms with Gasteiger partial charge in [-0.1, -0.05) is 24.3 Å². The molecule has 2 amide bonds. The second-order valence-corrected chi connectivity index (χ2v) is 7.81. The van der Waals surface area contributed by atoms with E-state index in [0.717, 1.165) is 16.7 Å². The van der Waals surface area contributed by atoms with Crippen molar-refractivity contribution < 1.29 is 9.59 Å². The van der Waals surface area contributed by atoms with Gasteiger partial charge in [0.15, 0.2) is 0 Å². The molecule has 28 heavy (non-hydrogen) atoms. The van der Waals surface area contributed by atoms with Crippen molar-refractivity contribution in [1.82, 2.24) is 14.8 Å². The second-order valence-electron chi connectivity index (χ2n) is 7.03. The van der Waals surface area contributed by atoms with Gasteiger partial charge in [0.1, 0.15) is 6.04 Å². The Morgan fingerprint density at radius 2 is 1.89 bits per heavy atom. The number of rotatable bonds is 5. The summed E-state index contributed by atoms with van der Waals surface area (Å²) in [5, 5.41) is 6.83. The summed E-state index contributed by atoms with van der Waals surface area (Å²) in [6, 6.07) is 13.5. The number of fused-ring (bicyclic) bond motifs is 1. The molecule has 144 valence electrons. The molecule has 3 heterocycles. The van der Waals surface area contributed by atoms with Crippen molar-refractivity contribution in [2.75, 3.05) is 7.05 Å². The number of likely N-dealkylation sites (N-methyl/N-ethyl adjacent to an activating group) is 1. The number of benzene rings is 1. The van der Waals surface area contributed by atoms with E-state index in [1.54, 1.807) is 23.3 Å². The van der Waals surface area contributed by atoms with E-state index < -0.39 is 6.04 Å². The lowest BCUT2D eigenvalue weighted by Gasteiger charge is -2.36. The Labute approximate surface area is 168 Å². The summed E-state index contributed by atoms with van der Waals surface area (Å²) in [6.45, 7) is 0.467. The predicted octanol–water partition coefficient (Wildman–Crippen LogP) is 3.23. The van der Waals surface area contributed by atoms with Gasteiger partial charge in [-0.2, -0.15) is 11.3 Å². The maximum Gasteiger partial charge on any atom is 0.242 e. The predicted molar refractivity (Wildman–Crippen MR) is 110 cm³/mol. The van der Waals surface area contributed by atoms with Crippen molar-refractivity contribution in [2.45, 2.75) is 31.5 Å². The maximum absolute atomic E-state index is 13.4. The van der Waals surface area contributed by atoms with Crippen LogP contribution >= 0.6 is 11.3 Å². The third kappa shape index (κ3) is 3.60. The summed E-state index contributed by atoms with van der Waals surface area (Å²) in [6.07, 6.45) is 4.84. The molecular formula is C22H23N3O2S. The largest absolute Gasteiger partial charge is 0.357 e. The minimum Gasteiger partial charge on any atom is -0.357 e. The SMILES string of the molecule is CNC(=O)[C@@H]1Cc2ccccc2CN1C(=O)C[C@@H](c1ccsc1)n1cccc1. The molecule has 2 atom stereocenters. The number of nitrogens with zero attached hydrogens (tertiary/aromatic N) is 2. The van der Waals surface area contributed by atoms with Crippen molar-refractivity contribution in [3.63, 3.8) is 0 Å². The highest BCUT2D eigenvalue weighted by molar-refractivity contribution is 7.08. The molecule has 0 spiro atoms. The van der Waals surface area contributed by atoms with Crippen LogP contribution < -0.4 is 5.32 Å². The summed E-state index contributed by atoms with van der Waals surface area (Å²) in [7, 11) is 1.62. The standard InChI is InChI=1S/C22H23N3O2S/c1-23-22(27)20-12-16-6-2-3-7-17(16)14-25(20)21(26)13-19(18-8-11-28-15-18)24-9-4-5-10-24/h2-11,15,19-20H,12-14H2,1H3,(H,23,27)/t19-,20-/m0/s1. The van der Waals surface area contributed by atoms with E-state index >= 15 is 0 Å². The molecule has 1 N–H and O–H groups in total. The molecule has 0 radical (unpaired) electrons. The minimum absolute atomic E-state index is 0.00648. The smallest absolute Gasteiger partial charge is 0.242 e. The fourth-order valence-electron chi connectivity index (χ4n) is 3.88. The molecule has 0 saturated heterocycles. The zero-order valence-electron chi connectivity index (χ0n) is 15.7. The van der Waals surface area contributed by atoms with Crippen molar-refractivity contribution in [2.24, 2.45) is 0 Å². The monoisotopic (exact) mass is 393 g/mol. The summed E-state index contributed by atoms with van der Waals surface area (Å²) in [4.78, 5) is 27.6. The zero-order valence-corrected chi connectivity index (χ0v) is 16.6. The molecule has 1 aliphatic heterocycles. The molecule has 0 aliphatic carbocycles. The summed E-state index contributed by atoms with van der Waals surface area (Å²) in [5.41, 5.74) is 3.37. The Kier molecular flexibility index (Phi) is 5.30. The van der Waals surface area contributed by atoms with Crippen LogP contribution in [0.5, 0.6) is 0 Å². The van der Waals surface area contributed by atoms with Crippen LogP contribution in [-0.4, -0.2) is 34.4 Å². The fraction of sp³-hybridized carbons (Fsp3) is 0.273. The van der Waals surface area contributed by atoms with Crippen LogP contribution in [0.15, 0.2) is 65.6 Å². The fourth-order valence-corrected chi connectivity index (χ4v) is 4.59. The molecule has 6 heteroatoms. The van der Waals surface area contributed by atoms with Gasteiger partial charge in [0.25, 0.3) is 0 Å². The second kappa shape index (κ2) is 8.02. The highest BCUT2D eigenvalue weighted by Crippen LogP contribution is 2.29. The van der Waals surface area contributed by atoms with Crippen LogP contribution in [0, 0.1) is 0 Å². The van der Waals surface area contributed by atoms with Crippen molar-refractivity contribution in [3.8, 4) is 0 Å². The van der Waals surface area contributed by atoms with Crippen LogP contribution in [-0.2, 0) is 22.6 Å². The van der Waals surface area contributed by atoms with Gasteiger partial charge < -0.3 is 14.8 Å². The van der Waals surface area contributed by atoms with Crippen LogP contribution in [0.25, 0.3) is 0 Å². The van der Waals surface area contributed by atoms with Gasteiger partial charge >= 0.3 is 0 Å². The van der Waals surface area contributed by atoms with Crippen molar-refractivity contribution in [3.05, 3.63) is 82.3 Å². The average Bonchev–Trinajstić information content (AvgIpc) is 3.44. The molecule has 1 aliphatic rings. The van der Waals surface area contributed by atoms with E-state index in [9.17, 15) is 9.59 Å². The van der Waals surface area contributed by atoms with Gasteiger partial charge in [0.05, 0.1) is 12.5 Å². The van der Waals surface area contributed by atoms with Gasteiger partial charge in [0, 0.05) is 32.4 Å². The third-order valence-corrected chi connectivity index (χ3v) is 6.10. The summed E-state index contributed by atoms with van der Waals surface area (Å²) in [5.74, 6) is -0.121. The maximum atomic E-state index is 13.4. The lowest BCUT2D eigenvalue weighted by Crippen LogP contribution is -2.52.